The number of carbonyl (C=O) groups is 2. The number of aromatic nitrogens is 1. The van der Waals surface area contributed by atoms with Crippen LogP contribution in [0.5, 0.6) is 0 Å². The fraction of sp³-hybridized carbons (Fsp3) is 0.615. The number of piperidine rings is 1. The van der Waals surface area contributed by atoms with Crippen LogP contribution in [0.2, 0.25) is 0 Å². The number of hydrogen-bond acceptors (Lipinski definition) is 6. The molecule has 0 saturated carbocycles. The predicted molar refractivity (Wildman–Crippen MR) is 73.3 cm³/mol. The van der Waals surface area contributed by atoms with E-state index in [2.05, 4.69) is 10.5 Å². The molecule has 0 aromatic carbocycles. The van der Waals surface area contributed by atoms with Gasteiger partial charge < -0.3 is 25.2 Å². The Balaban J connectivity index is 2.13. The molecule has 0 radical (unpaired) electrons. The topological polar surface area (TPSA) is 111 Å². The first-order valence-corrected chi connectivity index (χ1v) is 6.86. The first-order chi connectivity index (χ1) is 10.1. The fourth-order valence-electron chi connectivity index (χ4n) is 2.42. The van der Waals surface area contributed by atoms with Gasteiger partial charge in [-0.25, -0.2) is 0 Å². The van der Waals surface area contributed by atoms with Crippen molar-refractivity contribution in [2.45, 2.75) is 25.5 Å². The van der Waals surface area contributed by atoms with Gasteiger partial charge in [0.15, 0.2) is 11.5 Å². The van der Waals surface area contributed by atoms with Crippen LogP contribution in [0.25, 0.3) is 0 Å². The van der Waals surface area contributed by atoms with Crippen LogP contribution in [0, 0.1) is 0 Å². The zero-order valence-corrected chi connectivity index (χ0v) is 12.0. The summed E-state index contributed by atoms with van der Waals surface area (Å²) in [5.74, 6) is -0.417. The van der Waals surface area contributed by atoms with Crippen LogP contribution >= 0.6 is 0 Å². The van der Waals surface area contributed by atoms with Crippen LogP contribution in [-0.2, 0) is 16.1 Å². The minimum absolute atomic E-state index is 0.0196. The van der Waals surface area contributed by atoms with E-state index in [9.17, 15) is 9.59 Å². The third-order valence-corrected chi connectivity index (χ3v) is 3.40. The molecule has 0 spiro atoms. The molecule has 116 valence electrons. The van der Waals surface area contributed by atoms with E-state index in [1.165, 1.54) is 18.1 Å². The highest BCUT2D eigenvalue weighted by Crippen LogP contribution is 2.16. The Kier molecular flexibility index (Phi) is 5.29. The zero-order valence-electron chi connectivity index (χ0n) is 12.0. The Morgan fingerprint density at radius 2 is 2.24 bits per heavy atom. The van der Waals surface area contributed by atoms with Gasteiger partial charge in [0.2, 0.25) is 5.91 Å². The third kappa shape index (κ3) is 4.02. The molecule has 3 N–H and O–H groups in total. The largest absolute Gasteiger partial charge is 0.377 e. The lowest BCUT2D eigenvalue weighted by molar-refractivity contribution is -0.119. The second kappa shape index (κ2) is 7.19. The van der Waals surface area contributed by atoms with Crippen LogP contribution in [0.15, 0.2) is 10.6 Å². The fourth-order valence-corrected chi connectivity index (χ4v) is 2.42. The Hall–Kier alpha value is -1.93. The Bertz CT molecular complexity index is 496. The Labute approximate surface area is 122 Å². The molecule has 0 bridgehead atoms. The van der Waals surface area contributed by atoms with Crippen molar-refractivity contribution in [3.8, 4) is 0 Å². The van der Waals surface area contributed by atoms with E-state index in [1.54, 1.807) is 0 Å². The molecule has 1 aromatic heterocycles. The maximum atomic E-state index is 12.5. The smallest absolute Gasteiger partial charge is 0.276 e. The molecule has 21 heavy (non-hydrogen) atoms. The molecule has 0 aliphatic carbocycles. The summed E-state index contributed by atoms with van der Waals surface area (Å²) in [6.45, 7) is 1.74. The molecule has 8 nitrogen and oxygen atoms in total. The Morgan fingerprint density at radius 1 is 1.52 bits per heavy atom. The van der Waals surface area contributed by atoms with Gasteiger partial charge in [-0.2, -0.15) is 0 Å². The van der Waals surface area contributed by atoms with Crippen LogP contribution in [0.1, 0.15) is 29.1 Å². The number of hydrogen-bond donors (Lipinski definition) is 2. The van der Waals surface area contributed by atoms with Crippen LogP contribution < -0.4 is 11.1 Å². The monoisotopic (exact) mass is 296 g/mol. The number of primary amides is 1. The van der Waals surface area contributed by atoms with E-state index in [0.717, 1.165) is 25.9 Å². The minimum atomic E-state index is -0.539. The summed E-state index contributed by atoms with van der Waals surface area (Å²) >= 11 is 0. The van der Waals surface area contributed by atoms with Gasteiger partial charge in [-0.05, 0) is 25.9 Å². The van der Waals surface area contributed by atoms with Gasteiger partial charge in [0, 0.05) is 19.2 Å². The van der Waals surface area contributed by atoms with Gasteiger partial charge >= 0.3 is 0 Å². The quantitative estimate of drug-likeness (QED) is 0.732. The molecule has 2 amide bonds. The summed E-state index contributed by atoms with van der Waals surface area (Å²) in [5, 5.41) is 6.96. The van der Waals surface area contributed by atoms with Crippen LogP contribution in [0.3, 0.4) is 0 Å². The second-order valence-electron chi connectivity index (χ2n) is 4.99. The predicted octanol–water partition coefficient (Wildman–Crippen LogP) is -0.499. The summed E-state index contributed by atoms with van der Waals surface area (Å²) < 4.78 is 9.94. The highest BCUT2D eigenvalue weighted by molar-refractivity contribution is 5.94. The number of rotatable bonds is 6. The molecule has 1 aliphatic heterocycles. The molecule has 1 saturated heterocycles. The second-order valence-corrected chi connectivity index (χ2v) is 4.99. The van der Waals surface area contributed by atoms with Gasteiger partial charge in [0.05, 0.1) is 6.54 Å². The standard InChI is InChI=1S/C13H20N4O4/c1-20-8-10-6-11(16-21-10)13(19)17(7-12(14)18)9-2-4-15-5-3-9/h6,9,15H,2-5,7-8H2,1H3,(H2,14,18). The van der Waals surface area contributed by atoms with E-state index < -0.39 is 5.91 Å². The van der Waals surface area contributed by atoms with Crippen molar-refractivity contribution >= 4 is 11.8 Å². The summed E-state index contributed by atoms with van der Waals surface area (Å²) in [5.41, 5.74) is 5.42. The van der Waals surface area contributed by atoms with Gasteiger partial charge in [-0.15, -0.1) is 0 Å². The van der Waals surface area contributed by atoms with Crippen molar-refractivity contribution in [1.29, 1.82) is 0 Å². The molecule has 0 unspecified atom stereocenters. The summed E-state index contributed by atoms with van der Waals surface area (Å²) in [6, 6.07) is 1.51. The van der Waals surface area contributed by atoms with E-state index in [0.29, 0.717) is 5.76 Å². The van der Waals surface area contributed by atoms with Gasteiger partial charge in [0.25, 0.3) is 5.91 Å². The van der Waals surface area contributed by atoms with Crippen molar-refractivity contribution < 1.29 is 18.8 Å². The van der Waals surface area contributed by atoms with Gasteiger partial charge in [-0.1, -0.05) is 5.16 Å². The van der Waals surface area contributed by atoms with E-state index in [1.807, 2.05) is 0 Å². The highest BCUT2D eigenvalue weighted by atomic mass is 16.5. The molecular weight excluding hydrogens is 276 g/mol. The van der Waals surface area contributed by atoms with Crippen molar-refractivity contribution in [3.05, 3.63) is 17.5 Å². The number of amides is 2. The molecule has 1 fully saturated rings. The molecule has 1 aliphatic rings. The SMILES string of the molecule is COCc1cc(C(=O)N(CC(N)=O)C2CCNCC2)no1. The average Bonchev–Trinajstić information content (AvgIpc) is 2.94. The Morgan fingerprint density at radius 3 is 2.86 bits per heavy atom. The number of nitrogens with zero attached hydrogens (tertiary/aromatic N) is 2. The van der Waals surface area contributed by atoms with E-state index >= 15 is 0 Å². The van der Waals surface area contributed by atoms with E-state index in [4.69, 9.17) is 15.0 Å². The number of nitrogens with two attached hydrogens (primary N) is 1. The van der Waals surface area contributed by atoms with Crippen molar-refractivity contribution in [2.75, 3.05) is 26.7 Å². The van der Waals surface area contributed by atoms with Crippen LogP contribution in [-0.4, -0.2) is 54.7 Å². The van der Waals surface area contributed by atoms with Gasteiger partial charge in [-0.3, -0.25) is 9.59 Å². The molecule has 2 rings (SSSR count). The maximum Gasteiger partial charge on any atom is 0.276 e. The first kappa shape index (κ1) is 15.5. The number of ether oxygens (including phenoxy) is 1. The molecule has 0 atom stereocenters. The average molecular weight is 296 g/mol. The van der Waals surface area contributed by atoms with Crippen molar-refractivity contribution in [3.63, 3.8) is 0 Å². The maximum absolute atomic E-state index is 12.5. The highest BCUT2D eigenvalue weighted by Gasteiger charge is 2.29. The number of carbonyl (C=O) groups excluding carboxylic acids is 2. The lowest BCUT2D eigenvalue weighted by Crippen LogP contribution is -2.49. The molecule has 2 heterocycles. The summed E-state index contributed by atoms with van der Waals surface area (Å²) in [4.78, 5) is 25.3. The van der Waals surface area contributed by atoms with Gasteiger partial charge in [0.1, 0.15) is 6.61 Å². The molecular formula is C13H20N4O4. The summed E-state index contributed by atoms with van der Waals surface area (Å²) in [7, 11) is 1.53. The van der Waals surface area contributed by atoms with Crippen LogP contribution in [0.4, 0.5) is 0 Å². The summed E-state index contributed by atoms with van der Waals surface area (Å²) in [6.07, 6.45) is 1.56. The third-order valence-electron chi connectivity index (χ3n) is 3.40. The number of nitrogens with one attached hydrogen (secondary N) is 1. The normalized spacial score (nSPS) is 15.9. The van der Waals surface area contributed by atoms with E-state index in [-0.39, 0.29) is 30.8 Å². The molecule has 8 heteroatoms. The minimum Gasteiger partial charge on any atom is -0.377 e. The lowest BCUT2D eigenvalue weighted by Gasteiger charge is -2.33. The van der Waals surface area contributed by atoms with Crippen molar-refractivity contribution in [2.24, 2.45) is 5.73 Å². The zero-order chi connectivity index (χ0) is 15.2. The van der Waals surface area contributed by atoms with Crippen molar-refractivity contribution in [1.82, 2.24) is 15.4 Å². The number of methoxy groups -OCH3 is 1. The molecule has 1 aromatic rings. The first-order valence-electron chi connectivity index (χ1n) is 6.86. The lowest BCUT2D eigenvalue weighted by atomic mass is 10.0.